The summed E-state index contributed by atoms with van der Waals surface area (Å²) in [5, 5.41) is 12.1. The van der Waals surface area contributed by atoms with Gasteiger partial charge < -0.3 is 5.11 Å². The fourth-order valence-electron chi connectivity index (χ4n) is 5.18. The quantitative estimate of drug-likeness (QED) is 0.153. The molecule has 5 aromatic rings. The Bertz CT molecular complexity index is 1980. The number of phenolic OH excluding ortho intramolecular Hbond substituents is 1. The lowest BCUT2D eigenvalue weighted by Gasteiger charge is -2.16. The average molecular weight is 672 g/mol. The highest BCUT2D eigenvalue weighted by atomic mass is 35.5. The first-order valence-electron chi connectivity index (χ1n) is 13.9. The van der Waals surface area contributed by atoms with E-state index in [0.717, 1.165) is 38.9 Å². The second-order valence-corrected chi connectivity index (χ2v) is 12.1. The van der Waals surface area contributed by atoms with E-state index in [2.05, 4.69) is 0 Å². The highest BCUT2D eigenvalue weighted by Crippen LogP contribution is 2.39. The van der Waals surface area contributed by atoms with Crippen LogP contribution in [0.2, 0.25) is 20.1 Å². The minimum atomic E-state index is -0.572. The van der Waals surface area contributed by atoms with Gasteiger partial charge in [0.2, 0.25) is 11.6 Å². The van der Waals surface area contributed by atoms with E-state index in [1.54, 1.807) is 54.6 Å². The summed E-state index contributed by atoms with van der Waals surface area (Å²) in [6.07, 6.45) is 2.97. The molecule has 0 saturated carbocycles. The molecule has 0 radical (unpaired) electrons. The zero-order valence-electron chi connectivity index (χ0n) is 24.2. The number of allylic oxidation sites excluding steroid dienone is 4. The minimum absolute atomic E-state index is 0.187. The van der Waals surface area contributed by atoms with Crippen molar-refractivity contribution in [3.8, 4) is 28.0 Å². The molecule has 224 valence electrons. The predicted octanol–water partition coefficient (Wildman–Crippen LogP) is 11.3. The van der Waals surface area contributed by atoms with Gasteiger partial charge in [0.1, 0.15) is 5.75 Å². The molecule has 0 aromatic heterocycles. The van der Waals surface area contributed by atoms with Crippen molar-refractivity contribution in [3.63, 3.8) is 0 Å². The number of Topliss-reactive ketones (excluding diaryl/α,β-unsaturated/α-hetero) is 1. The van der Waals surface area contributed by atoms with Crippen LogP contribution in [0.15, 0.2) is 115 Å². The maximum Gasteiger partial charge on any atom is 0.233 e. The summed E-state index contributed by atoms with van der Waals surface area (Å²) in [5.74, 6) is -0.908. The Balaban J connectivity index is 0.000000178. The Hall–Kier alpha value is -4.12. The second-order valence-electron chi connectivity index (χ2n) is 10.4. The number of aromatic hydroxyl groups is 1. The van der Waals surface area contributed by atoms with Crippen molar-refractivity contribution in [1.82, 2.24) is 0 Å². The van der Waals surface area contributed by atoms with Crippen molar-refractivity contribution in [2.24, 2.45) is 0 Å². The van der Waals surface area contributed by atoms with Crippen molar-refractivity contribution in [3.05, 3.63) is 158 Å². The largest absolute Gasteiger partial charge is 0.508 e. The molecular formula is C38H26Cl4O3. The molecule has 0 unspecified atom stereocenters. The third kappa shape index (κ3) is 7.08. The molecule has 0 saturated heterocycles. The van der Waals surface area contributed by atoms with Crippen LogP contribution < -0.4 is 0 Å². The van der Waals surface area contributed by atoms with Gasteiger partial charge in [-0.25, -0.2) is 0 Å². The number of carbonyl (C=O) groups excluding carboxylic acids is 2. The number of ketones is 2. The topological polar surface area (TPSA) is 54.4 Å². The van der Waals surface area contributed by atoms with Crippen LogP contribution in [0.4, 0.5) is 0 Å². The summed E-state index contributed by atoms with van der Waals surface area (Å²) in [6, 6.07) is 31.4. The standard InChI is InChI=1S/C19H12Cl2O2.C19H14Cl2O/c1-11-5-2-3-6-13(11)14-9-12(10-17(22)19(14)23)18-15(20)7-4-8-16(18)21;1-12-5-2-3-6-16(12)13-9-14(11-15(22)10-13)19-17(20)7-4-8-18(19)21/h2-10H,1H3;2-11,22H,1H3. The Morgan fingerprint density at radius 2 is 1.02 bits per heavy atom. The number of carbonyl (C=O) groups is 2. The lowest BCUT2D eigenvalue weighted by Crippen LogP contribution is -2.17. The predicted molar refractivity (Wildman–Crippen MR) is 187 cm³/mol. The van der Waals surface area contributed by atoms with E-state index in [1.165, 1.54) is 6.08 Å². The van der Waals surface area contributed by atoms with Crippen LogP contribution in [0.25, 0.3) is 33.4 Å². The van der Waals surface area contributed by atoms with Crippen LogP contribution in [0.5, 0.6) is 5.75 Å². The molecule has 6 rings (SSSR count). The van der Waals surface area contributed by atoms with E-state index in [0.29, 0.717) is 36.8 Å². The lowest BCUT2D eigenvalue weighted by atomic mass is 9.87. The van der Waals surface area contributed by atoms with Crippen LogP contribution in [0.1, 0.15) is 22.3 Å². The van der Waals surface area contributed by atoms with Crippen molar-refractivity contribution < 1.29 is 14.7 Å². The van der Waals surface area contributed by atoms with E-state index in [1.807, 2.05) is 68.4 Å². The molecular weight excluding hydrogens is 646 g/mol. The number of aryl methyl sites for hydroxylation is 2. The second kappa shape index (κ2) is 13.9. The van der Waals surface area contributed by atoms with E-state index < -0.39 is 11.6 Å². The molecule has 0 amide bonds. The molecule has 5 aromatic carbocycles. The van der Waals surface area contributed by atoms with Crippen LogP contribution in [-0.4, -0.2) is 16.7 Å². The highest BCUT2D eigenvalue weighted by Gasteiger charge is 2.26. The first kappa shape index (κ1) is 32.3. The molecule has 1 N–H and O–H groups in total. The number of benzene rings is 5. The van der Waals surface area contributed by atoms with Crippen molar-refractivity contribution in [1.29, 1.82) is 0 Å². The number of hydrogen-bond donors (Lipinski definition) is 1. The highest BCUT2D eigenvalue weighted by molar-refractivity contribution is 6.60. The third-order valence-electron chi connectivity index (χ3n) is 7.37. The molecule has 0 spiro atoms. The van der Waals surface area contributed by atoms with Crippen LogP contribution in [0.3, 0.4) is 0 Å². The normalized spacial score (nSPS) is 12.7. The molecule has 0 bridgehead atoms. The van der Waals surface area contributed by atoms with Crippen LogP contribution in [0, 0.1) is 13.8 Å². The van der Waals surface area contributed by atoms with E-state index in [-0.39, 0.29) is 5.75 Å². The molecule has 0 aliphatic heterocycles. The van der Waals surface area contributed by atoms with Gasteiger partial charge in [-0.05, 0) is 107 Å². The Morgan fingerprint density at radius 3 is 1.58 bits per heavy atom. The van der Waals surface area contributed by atoms with Gasteiger partial charge in [-0.2, -0.15) is 0 Å². The van der Waals surface area contributed by atoms with E-state index >= 15 is 0 Å². The summed E-state index contributed by atoms with van der Waals surface area (Å²) in [7, 11) is 0. The van der Waals surface area contributed by atoms with Gasteiger partial charge >= 0.3 is 0 Å². The summed E-state index contributed by atoms with van der Waals surface area (Å²) in [5.41, 5.74) is 7.81. The zero-order valence-corrected chi connectivity index (χ0v) is 27.3. The smallest absolute Gasteiger partial charge is 0.233 e. The summed E-state index contributed by atoms with van der Waals surface area (Å²) >= 11 is 25.0. The van der Waals surface area contributed by atoms with E-state index in [9.17, 15) is 14.7 Å². The molecule has 0 atom stereocenters. The van der Waals surface area contributed by atoms with Gasteiger partial charge in [0.15, 0.2) is 0 Å². The molecule has 7 heteroatoms. The van der Waals surface area contributed by atoms with Gasteiger partial charge in [0.25, 0.3) is 0 Å². The number of phenols is 1. The fourth-order valence-corrected chi connectivity index (χ4v) is 6.41. The zero-order chi connectivity index (χ0) is 32.2. The SMILES string of the molecule is Cc1ccccc1-c1cc(O)cc(-c2c(Cl)cccc2Cl)c1.Cc1ccccc1C1=CC(c2c(Cl)cccc2Cl)=CC(=O)C1=O. The minimum Gasteiger partial charge on any atom is -0.508 e. The molecule has 1 aliphatic carbocycles. The molecule has 0 fully saturated rings. The molecule has 1 aliphatic rings. The maximum atomic E-state index is 12.3. The van der Waals surface area contributed by atoms with Gasteiger partial charge in [-0.15, -0.1) is 0 Å². The van der Waals surface area contributed by atoms with Gasteiger partial charge in [0.05, 0.1) is 0 Å². The average Bonchev–Trinajstić information content (AvgIpc) is 2.99. The molecule has 45 heavy (non-hydrogen) atoms. The first-order valence-corrected chi connectivity index (χ1v) is 15.4. The van der Waals surface area contributed by atoms with Gasteiger partial charge in [-0.3, -0.25) is 9.59 Å². The fraction of sp³-hybridized carbons (Fsp3) is 0.0526. The Kier molecular flexibility index (Phi) is 9.96. The van der Waals surface area contributed by atoms with Crippen molar-refractivity contribution in [2.45, 2.75) is 13.8 Å². The summed E-state index contributed by atoms with van der Waals surface area (Å²) in [4.78, 5) is 24.4. The maximum absolute atomic E-state index is 12.3. The molecule has 0 heterocycles. The van der Waals surface area contributed by atoms with Crippen LogP contribution >= 0.6 is 46.4 Å². The monoisotopic (exact) mass is 670 g/mol. The number of halogens is 4. The number of rotatable bonds is 4. The van der Waals surface area contributed by atoms with Gasteiger partial charge in [-0.1, -0.05) is 107 Å². The van der Waals surface area contributed by atoms with Crippen molar-refractivity contribution >= 4 is 69.1 Å². The van der Waals surface area contributed by atoms with Crippen LogP contribution in [-0.2, 0) is 9.59 Å². The van der Waals surface area contributed by atoms with E-state index in [4.69, 9.17) is 46.4 Å². The lowest BCUT2D eigenvalue weighted by molar-refractivity contribution is -0.130. The van der Waals surface area contributed by atoms with Gasteiger partial charge in [0, 0.05) is 36.8 Å². The Morgan fingerprint density at radius 1 is 0.533 bits per heavy atom. The Labute approximate surface area is 282 Å². The summed E-state index contributed by atoms with van der Waals surface area (Å²) in [6.45, 7) is 3.94. The van der Waals surface area contributed by atoms with Crippen molar-refractivity contribution in [2.75, 3.05) is 0 Å². The summed E-state index contributed by atoms with van der Waals surface area (Å²) < 4.78 is 0. The number of hydrogen-bond acceptors (Lipinski definition) is 3. The molecule has 3 nitrogen and oxygen atoms in total. The first-order chi connectivity index (χ1) is 21.5. The third-order valence-corrected chi connectivity index (χ3v) is 8.63.